The van der Waals surface area contributed by atoms with Gasteiger partial charge in [-0.15, -0.1) is 0 Å². The van der Waals surface area contributed by atoms with Crippen LogP contribution < -0.4 is 10.6 Å². The van der Waals surface area contributed by atoms with Crippen LogP contribution in [-0.4, -0.2) is 49.6 Å². The second-order valence-corrected chi connectivity index (χ2v) is 5.75. The van der Waals surface area contributed by atoms with Crippen molar-refractivity contribution < 1.29 is 4.79 Å². The molecule has 0 aromatic heterocycles. The maximum atomic E-state index is 11.7. The molecule has 1 heterocycles. The minimum atomic E-state index is -0.124. The van der Waals surface area contributed by atoms with Crippen molar-refractivity contribution in [1.29, 1.82) is 0 Å². The Kier molecular flexibility index (Phi) is 4.74. The van der Waals surface area contributed by atoms with Gasteiger partial charge in [0.2, 0.25) is 5.91 Å². The van der Waals surface area contributed by atoms with Gasteiger partial charge in [0, 0.05) is 12.1 Å². The highest BCUT2D eigenvalue weighted by molar-refractivity contribution is 5.78. The van der Waals surface area contributed by atoms with E-state index in [9.17, 15) is 4.79 Å². The SMILES string of the molecule is CNCC1CCN(CC(=O)NC(C)(C)C)C1. The van der Waals surface area contributed by atoms with E-state index in [1.165, 1.54) is 6.42 Å². The first-order chi connectivity index (χ1) is 7.40. The van der Waals surface area contributed by atoms with Crippen LogP contribution in [0.2, 0.25) is 0 Å². The van der Waals surface area contributed by atoms with Gasteiger partial charge in [-0.2, -0.15) is 0 Å². The summed E-state index contributed by atoms with van der Waals surface area (Å²) >= 11 is 0. The van der Waals surface area contributed by atoms with Crippen LogP contribution in [0.25, 0.3) is 0 Å². The van der Waals surface area contributed by atoms with Gasteiger partial charge in [-0.3, -0.25) is 9.69 Å². The molecule has 1 aliphatic heterocycles. The largest absolute Gasteiger partial charge is 0.350 e. The van der Waals surface area contributed by atoms with Gasteiger partial charge in [-0.25, -0.2) is 0 Å². The summed E-state index contributed by atoms with van der Waals surface area (Å²) in [5.74, 6) is 0.838. The van der Waals surface area contributed by atoms with Crippen LogP contribution in [0.5, 0.6) is 0 Å². The van der Waals surface area contributed by atoms with Crippen molar-refractivity contribution in [2.24, 2.45) is 5.92 Å². The van der Waals surface area contributed by atoms with Crippen molar-refractivity contribution >= 4 is 5.91 Å². The number of carbonyl (C=O) groups excluding carboxylic acids is 1. The molecule has 0 aromatic rings. The van der Waals surface area contributed by atoms with Crippen molar-refractivity contribution in [3.63, 3.8) is 0 Å². The number of hydrogen-bond donors (Lipinski definition) is 2. The normalized spacial score (nSPS) is 22.4. The van der Waals surface area contributed by atoms with E-state index in [1.807, 2.05) is 27.8 Å². The third-order valence-corrected chi connectivity index (χ3v) is 2.74. The third kappa shape index (κ3) is 4.94. The summed E-state index contributed by atoms with van der Waals surface area (Å²) in [5, 5.41) is 6.19. The van der Waals surface area contributed by atoms with E-state index in [0.29, 0.717) is 12.5 Å². The van der Waals surface area contributed by atoms with Gasteiger partial charge >= 0.3 is 0 Å². The minimum Gasteiger partial charge on any atom is -0.350 e. The Morgan fingerprint density at radius 2 is 2.12 bits per heavy atom. The maximum absolute atomic E-state index is 11.7. The average molecular weight is 227 g/mol. The summed E-state index contributed by atoms with van der Waals surface area (Å²) in [6, 6.07) is 0. The van der Waals surface area contributed by atoms with E-state index in [1.54, 1.807) is 0 Å². The molecule has 1 unspecified atom stereocenters. The molecule has 4 heteroatoms. The molecule has 0 aliphatic carbocycles. The number of carbonyl (C=O) groups is 1. The maximum Gasteiger partial charge on any atom is 0.234 e. The van der Waals surface area contributed by atoms with Gasteiger partial charge in [-0.1, -0.05) is 0 Å². The van der Waals surface area contributed by atoms with Crippen molar-refractivity contribution in [2.45, 2.75) is 32.7 Å². The lowest BCUT2D eigenvalue weighted by Crippen LogP contribution is -2.45. The minimum absolute atomic E-state index is 0.124. The number of hydrogen-bond acceptors (Lipinski definition) is 3. The summed E-state index contributed by atoms with van der Waals surface area (Å²) in [5.41, 5.74) is -0.124. The van der Waals surface area contributed by atoms with Crippen LogP contribution in [0.3, 0.4) is 0 Å². The Bertz CT molecular complexity index is 235. The Hall–Kier alpha value is -0.610. The highest BCUT2D eigenvalue weighted by Crippen LogP contribution is 2.14. The number of nitrogens with zero attached hydrogens (tertiary/aromatic N) is 1. The van der Waals surface area contributed by atoms with Crippen LogP contribution >= 0.6 is 0 Å². The first kappa shape index (κ1) is 13.5. The fourth-order valence-corrected chi connectivity index (χ4v) is 2.17. The zero-order valence-corrected chi connectivity index (χ0v) is 11.0. The molecule has 0 saturated carbocycles. The Labute approximate surface area is 98.8 Å². The van der Waals surface area contributed by atoms with E-state index < -0.39 is 0 Å². The van der Waals surface area contributed by atoms with Crippen molar-refractivity contribution in [1.82, 2.24) is 15.5 Å². The molecule has 1 saturated heterocycles. The molecule has 0 bridgehead atoms. The molecular formula is C12H25N3O. The Morgan fingerprint density at radius 1 is 1.44 bits per heavy atom. The zero-order valence-electron chi connectivity index (χ0n) is 11.0. The van der Waals surface area contributed by atoms with Crippen LogP contribution in [0.1, 0.15) is 27.2 Å². The molecule has 0 radical (unpaired) electrons. The van der Waals surface area contributed by atoms with E-state index in [2.05, 4.69) is 15.5 Å². The fourth-order valence-electron chi connectivity index (χ4n) is 2.17. The number of nitrogens with one attached hydrogen (secondary N) is 2. The smallest absolute Gasteiger partial charge is 0.234 e. The van der Waals surface area contributed by atoms with Crippen LogP contribution in [0.15, 0.2) is 0 Å². The lowest BCUT2D eigenvalue weighted by molar-refractivity contribution is -0.123. The van der Waals surface area contributed by atoms with Crippen molar-refractivity contribution in [3.8, 4) is 0 Å². The van der Waals surface area contributed by atoms with E-state index >= 15 is 0 Å². The quantitative estimate of drug-likeness (QED) is 0.732. The summed E-state index contributed by atoms with van der Waals surface area (Å²) < 4.78 is 0. The van der Waals surface area contributed by atoms with Gasteiger partial charge in [0.05, 0.1) is 6.54 Å². The molecule has 2 N–H and O–H groups in total. The van der Waals surface area contributed by atoms with Gasteiger partial charge in [0.15, 0.2) is 0 Å². The molecule has 1 aliphatic rings. The third-order valence-electron chi connectivity index (χ3n) is 2.74. The zero-order chi connectivity index (χ0) is 12.2. The predicted molar refractivity (Wildman–Crippen MR) is 66.4 cm³/mol. The summed E-state index contributed by atoms with van der Waals surface area (Å²) in [7, 11) is 1.98. The predicted octanol–water partition coefficient (Wildman–Crippen LogP) is 0.442. The summed E-state index contributed by atoms with van der Waals surface area (Å²) in [6.45, 7) is 9.72. The van der Waals surface area contributed by atoms with Crippen LogP contribution in [-0.2, 0) is 4.79 Å². The lowest BCUT2D eigenvalue weighted by atomic mass is 10.1. The van der Waals surface area contributed by atoms with Crippen molar-refractivity contribution in [3.05, 3.63) is 0 Å². The number of likely N-dealkylation sites (tertiary alicyclic amines) is 1. The topological polar surface area (TPSA) is 44.4 Å². The monoisotopic (exact) mass is 227 g/mol. The lowest BCUT2D eigenvalue weighted by Gasteiger charge is -2.23. The van der Waals surface area contributed by atoms with Gasteiger partial charge in [0.25, 0.3) is 0 Å². The highest BCUT2D eigenvalue weighted by atomic mass is 16.2. The number of rotatable bonds is 4. The standard InChI is InChI=1S/C12H25N3O/c1-12(2,3)14-11(16)9-15-6-5-10(8-15)7-13-4/h10,13H,5-9H2,1-4H3,(H,14,16). The molecule has 0 spiro atoms. The molecule has 4 nitrogen and oxygen atoms in total. The van der Waals surface area contributed by atoms with Crippen LogP contribution in [0.4, 0.5) is 0 Å². The van der Waals surface area contributed by atoms with E-state index in [-0.39, 0.29) is 11.4 Å². The first-order valence-corrected chi connectivity index (χ1v) is 6.08. The van der Waals surface area contributed by atoms with Crippen LogP contribution in [0, 0.1) is 5.92 Å². The molecule has 0 aromatic carbocycles. The molecular weight excluding hydrogens is 202 g/mol. The highest BCUT2D eigenvalue weighted by Gasteiger charge is 2.24. The summed E-state index contributed by atoms with van der Waals surface area (Å²) in [6.07, 6.45) is 1.20. The molecule has 1 fully saturated rings. The molecule has 94 valence electrons. The summed E-state index contributed by atoms with van der Waals surface area (Å²) in [4.78, 5) is 13.9. The average Bonchev–Trinajstić information content (AvgIpc) is 2.49. The Morgan fingerprint density at radius 3 is 2.69 bits per heavy atom. The van der Waals surface area contributed by atoms with E-state index in [4.69, 9.17) is 0 Å². The second kappa shape index (κ2) is 5.64. The van der Waals surface area contributed by atoms with E-state index in [0.717, 1.165) is 19.6 Å². The molecule has 1 amide bonds. The molecule has 1 atom stereocenters. The van der Waals surface area contributed by atoms with Crippen molar-refractivity contribution in [2.75, 3.05) is 33.2 Å². The number of amides is 1. The van der Waals surface area contributed by atoms with Gasteiger partial charge in [-0.05, 0) is 53.2 Å². The molecule has 1 rings (SSSR count). The molecule has 16 heavy (non-hydrogen) atoms. The second-order valence-electron chi connectivity index (χ2n) is 5.75. The fraction of sp³-hybridized carbons (Fsp3) is 0.917. The van der Waals surface area contributed by atoms with Gasteiger partial charge in [0.1, 0.15) is 0 Å². The first-order valence-electron chi connectivity index (χ1n) is 6.08. The van der Waals surface area contributed by atoms with Gasteiger partial charge < -0.3 is 10.6 Å². The Balaban J connectivity index is 2.26.